The summed E-state index contributed by atoms with van der Waals surface area (Å²) in [5.41, 5.74) is 9.67. The minimum Gasteiger partial charge on any atom is -0.364 e. The van der Waals surface area contributed by atoms with Crippen molar-refractivity contribution in [1.29, 1.82) is 0 Å². The topological polar surface area (TPSA) is 126 Å². The average molecular weight is 448 g/mol. The Morgan fingerprint density at radius 3 is 2.50 bits per heavy atom. The number of nitrogens with two attached hydrogens (primary N) is 1. The van der Waals surface area contributed by atoms with Gasteiger partial charge in [0.15, 0.2) is 10.8 Å². The smallest absolute Gasteiger partial charge is 0.270 e. The maximum absolute atomic E-state index is 12.7. The Bertz CT molecular complexity index is 1230. The van der Waals surface area contributed by atoms with Gasteiger partial charge in [0.1, 0.15) is 5.00 Å². The van der Waals surface area contributed by atoms with E-state index in [-0.39, 0.29) is 16.6 Å². The molecule has 32 heavy (non-hydrogen) atoms. The van der Waals surface area contributed by atoms with E-state index in [0.29, 0.717) is 16.4 Å². The number of amides is 3. The van der Waals surface area contributed by atoms with Gasteiger partial charge >= 0.3 is 0 Å². The molecule has 9 heteroatoms. The van der Waals surface area contributed by atoms with E-state index in [9.17, 15) is 14.4 Å². The number of primary amides is 1. The number of nitrogens with one attached hydrogen (secondary N) is 3. The molecule has 1 aliphatic carbocycles. The number of carbonyl (C=O) groups is 3. The zero-order chi connectivity index (χ0) is 22.7. The van der Waals surface area contributed by atoms with Crippen LogP contribution in [-0.4, -0.2) is 22.7 Å². The molecule has 0 bridgehead atoms. The molecule has 4 rings (SSSR count). The monoisotopic (exact) mass is 447 g/mol. The van der Waals surface area contributed by atoms with Crippen molar-refractivity contribution in [3.63, 3.8) is 0 Å². The van der Waals surface area contributed by atoms with Crippen LogP contribution in [0.2, 0.25) is 0 Å². The number of thiazole rings is 1. The van der Waals surface area contributed by atoms with Crippen LogP contribution in [-0.2, 0) is 11.2 Å². The van der Waals surface area contributed by atoms with Gasteiger partial charge in [-0.2, -0.15) is 0 Å². The van der Waals surface area contributed by atoms with E-state index in [0.717, 1.165) is 29.9 Å². The normalized spacial score (nSPS) is 12.0. The SMILES string of the molecule is CC(=O)Nc1ccc(C(=O)Nc2sc(Nc3ccc4c(c3)CCC=C4)nc2C(N)=O)cc1. The molecule has 0 saturated carbocycles. The molecular weight excluding hydrogens is 426 g/mol. The summed E-state index contributed by atoms with van der Waals surface area (Å²) in [6.07, 6.45) is 6.22. The predicted octanol–water partition coefficient (Wildman–Crippen LogP) is 4.16. The third-order valence-electron chi connectivity index (χ3n) is 4.83. The highest BCUT2D eigenvalue weighted by molar-refractivity contribution is 7.20. The second-order valence-electron chi connectivity index (χ2n) is 7.25. The number of hydrogen-bond donors (Lipinski definition) is 4. The van der Waals surface area contributed by atoms with Crippen LogP contribution >= 0.6 is 11.3 Å². The fraction of sp³-hybridized carbons (Fsp3) is 0.130. The van der Waals surface area contributed by atoms with Gasteiger partial charge in [-0.3, -0.25) is 14.4 Å². The molecule has 0 saturated heterocycles. The van der Waals surface area contributed by atoms with Crippen molar-refractivity contribution >= 4 is 56.6 Å². The summed E-state index contributed by atoms with van der Waals surface area (Å²) in [5.74, 6) is -1.35. The lowest BCUT2D eigenvalue weighted by Gasteiger charge is -2.12. The largest absolute Gasteiger partial charge is 0.364 e. The van der Waals surface area contributed by atoms with Crippen LogP contribution in [0, 0.1) is 0 Å². The van der Waals surface area contributed by atoms with Crippen LogP contribution in [0.5, 0.6) is 0 Å². The van der Waals surface area contributed by atoms with Gasteiger partial charge in [-0.15, -0.1) is 0 Å². The number of anilines is 4. The summed E-state index contributed by atoms with van der Waals surface area (Å²) in [7, 11) is 0. The van der Waals surface area contributed by atoms with E-state index in [2.05, 4.69) is 39.2 Å². The van der Waals surface area contributed by atoms with Crippen molar-refractivity contribution in [1.82, 2.24) is 4.98 Å². The molecule has 2 aromatic carbocycles. The third kappa shape index (κ3) is 4.84. The highest BCUT2D eigenvalue weighted by atomic mass is 32.1. The molecule has 3 amide bonds. The predicted molar refractivity (Wildman–Crippen MR) is 126 cm³/mol. The number of hydrogen-bond acceptors (Lipinski definition) is 6. The van der Waals surface area contributed by atoms with Gasteiger partial charge in [-0.05, 0) is 60.4 Å². The van der Waals surface area contributed by atoms with E-state index < -0.39 is 11.8 Å². The summed E-state index contributed by atoms with van der Waals surface area (Å²) in [6.45, 7) is 1.41. The molecule has 0 spiro atoms. The minimum atomic E-state index is -0.735. The van der Waals surface area contributed by atoms with Crippen molar-refractivity contribution in [2.75, 3.05) is 16.0 Å². The molecule has 162 valence electrons. The van der Waals surface area contributed by atoms with Crippen molar-refractivity contribution in [3.05, 3.63) is 70.9 Å². The summed E-state index contributed by atoms with van der Waals surface area (Å²) in [6, 6.07) is 12.4. The zero-order valence-electron chi connectivity index (χ0n) is 17.3. The van der Waals surface area contributed by atoms with E-state index in [1.807, 2.05) is 12.1 Å². The Kier molecular flexibility index (Phi) is 6.00. The molecule has 1 heterocycles. The summed E-state index contributed by atoms with van der Waals surface area (Å²) < 4.78 is 0. The second-order valence-corrected chi connectivity index (χ2v) is 8.25. The summed E-state index contributed by atoms with van der Waals surface area (Å²) >= 11 is 1.13. The number of allylic oxidation sites excluding steroid dienone is 1. The minimum absolute atomic E-state index is 0.0124. The maximum Gasteiger partial charge on any atom is 0.270 e. The van der Waals surface area contributed by atoms with Crippen LogP contribution in [0.25, 0.3) is 6.08 Å². The molecule has 0 radical (unpaired) electrons. The number of aromatic nitrogens is 1. The van der Waals surface area contributed by atoms with Gasteiger partial charge in [0.25, 0.3) is 11.8 Å². The summed E-state index contributed by atoms with van der Waals surface area (Å²) in [4.78, 5) is 39.9. The van der Waals surface area contributed by atoms with E-state index >= 15 is 0 Å². The van der Waals surface area contributed by atoms with E-state index in [1.54, 1.807) is 24.3 Å². The van der Waals surface area contributed by atoms with Crippen molar-refractivity contribution in [2.24, 2.45) is 5.73 Å². The standard InChI is InChI=1S/C23H21N5O3S/c1-13(29)25-17-9-7-15(8-10-17)21(31)28-22-19(20(24)30)27-23(32-22)26-18-11-6-14-4-2-3-5-16(14)12-18/h2,4,6-12H,3,5H2,1H3,(H2,24,30)(H,25,29)(H,26,27)(H,28,31). The lowest BCUT2D eigenvalue weighted by Crippen LogP contribution is -2.17. The number of aryl methyl sites for hydroxylation is 1. The van der Waals surface area contributed by atoms with Gasteiger partial charge in [-0.25, -0.2) is 4.98 Å². The Hall–Kier alpha value is -3.98. The molecular formula is C23H21N5O3S. The van der Waals surface area contributed by atoms with Gasteiger partial charge in [-0.1, -0.05) is 29.6 Å². The Labute approximate surface area is 188 Å². The molecule has 0 aliphatic heterocycles. The van der Waals surface area contributed by atoms with Gasteiger partial charge in [0, 0.05) is 23.9 Å². The van der Waals surface area contributed by atoms with E-state index in [1.165, 1.54) is 18.1 Å². The van der Waals surface area contributed by atoms with E-state index in [4.69, 9.17) is 5.73 Å². The number of nitrogens with zero attached hydrogens (tertiary/aromatic N) is 1. The molecule has 0 atom stereocenters. The Morgan fingerprint density at radius 1 is 1.03 bits per heavy atom. The first-order valence-corrected chi connectivity index (χ1v) is 10.8. The Balaban J connectivity index is 1.52. The zero-order valence-corrected chi connectivity index (χ0v) is 18.1. The molecule has 1 aromatic heterocycles. The van der Waals surface area contributed by atoms with Gasteiger partial charge < -0.3 is 21.7 Å². The molecule has 5 N–H and O–H groups in total. The molecule has 8 nitrogen and oxygen atoms in total. The highest BCUT2D eigenvalue weighted by Gasteiger charge is 2.19. The van der Waals surface area contributed by atoms with Crippen molar-refractivity contribution in [2.45, 2.75) is 19.8 Å². The third-order valence-corrected chi connectivity index (χ3v) is 5.71. The number of fused-ring (bicyclic) bond motifs is 1. The first-order valence-electron chi connectivity index (χ1n) is 9.95. The lowest BCUT2D eigenvalue weighted by molar-refractivity contribution is -0.114. The van der Waals surface area contributed by atoms with Crippen LogP contribution in [0.4, 0.5) is 21.5 Å². The van der Waals surface area contributed by atoms with Crippen LogP contribution < -0.4 is 21.7 Å². The lowest BCUT2D eigenvalue weighted by atomic mass is 9.97. The average Bonchev–Trinajstić information content (AvgIpc) is 3.16. The van der Waals surface area contributed by atoms with Crippen LogP contribution in [0.3, 0.4) is 0 Å². The molecule has 1 aliphatic rings. The van der Waals surface area contributed by atoms with Gasteiger partial charge in [0.05, 0.1) is 0 Å². The molecule has 3 aromatic rings. The van der Waals surface area contributed by atoms with Crippen LogP contribution in [0.1, 0.15) is 45.3 Å². The number of carbonyl (C=O) groups excluding carboxylic acids is 3. The van der Waals surface area contributed by atoms with Crippen LogP contribution in [0.15, 0.2) is 48.5 Å². The van der Waals surface area contributed by atoms with Crippen molar-refractivity contribution < 1.29 is 14.4 Å². The molecule has 0 unspecified atom stereocenters. The fourth-order valence-electron chi connectivity index (χ4n) is 3.34. The fourth-order valence-corrected chi connectivity index (χ4v) is 4.23. The number of rotatable bonds is 6. The first-order chi connectivity index (χ1) is 15.4. The summed E-state index contributed by atoms with van der Waals surface area (Å²) in [5, 5.41) is 9.24. The van der Waals surface area contributed by atoms with Crippen molar-refractivity contribution in [3.8, 4) is 0 Å². The molecule has 0 fully saturated rings. The maximum atomic E-state index is 12.7. The second kappa shape index (κ2) is 9.03. The highest BCUT2D eigenvalue weighted by Crippen LogP contribution is 2.32. The first kappa shape index (κ1) is 21.3. The quantitative estimate of drug-likeness (QED) is 0.451. The number of benzene rings is 2. The Morgan fingerprint density at radius 2 is 1.78 bits per heavy atom. The van der Waals surface area contributed by atoms with Gasteiger partial charge in [0.2, 0.25) is 5.91 Å².